The quantitative estimate of drug-likeness (QED) is 0.176. The molecule has 36 heavy (non-hydrogen) atoms. The van der Waals surface area contributed by atoms with Crippen LogP contribution in [0.4, 0.5) is 13.2 Å². The maximum Gasteiger partial charge on any atom is 0.416 e. The summed E-state index contributed by atoms with van der Waals surface area (Å²) in [6.07, 6.45) is -3.04. The van der Waals surface area contributed by atoms with Crippen LogP contribution in [-0.4, -0.2) is 4.98 Å². The second-order valence-electron chi connectivity index (χ2n) is 7.62. The number of fused-ring (bicyclic) bond motifs is 1. The highest BCUT2D eigenvalue weighted by Gasteiger charge is 2.30. The standard InChI is InChI=1S/C26H12ClF3N2O3S/c27-18-4-6-23-15(9-18)11-20(25(33)35-23)21-13-36-24(32-21)16(12-31)10-19-5-7-22(34-19)14-2-1-3-17(8-14)26(28,29)30/h1-11,13H/b16-10+. The maximum atomic E-state index is 13.0. The Morgan fingerprint density at radius 2 is 1.92 bits per heavy atom. The SMILES string of the molecule is N#C/C(=C\c1ccc(-c2cccc(C(F)(F)F)c2)o1)c1nc(-c2cc3cc(Cl)ccc3oc2=O)cs1. The fraction of sp³-hybridized carbons (Fsp3) is 0.0385. The molecule has 178 valence electrons. The van der Waals surface area contributed by atoms with Gasteiger partial charge in [-0.05, 0) is 48.5 Å². The normalized spacial score (nSPS) is 12.1. The summed E-state index contributed by atoms with van der Waals surface area (Å²) in [5, 5.41) is 12.7. The number of thiazole rings is 1. The van der Waals surface area contributed by atoms with Gasteiger partial charge in [-0.15, -0.1) is 11.3 Å². The van der Waals surface area contributed by atoms with E-state index in [0.29, 0.717) is 26.7 Å². The van der Waals surface area contributed by atoms with Gasteiger partial charge >= 0.3 is 11.8 Å². The Labute approximate surface area is 210 Å². The molecule has 5 aromatic rings. The number of halogens is 4. The van der Waals surface area contributed by atoms with E-state index < -0.39 is 17.4 Å². The first kappa shape index (κ1) is 23.6. The number of hydrogen-bond donors (Lipinski definition) is 0. The second kappa shape index (κ2) is 9.15. The van der Waals surface area contributed by atoms with E-state index in [0.717, 1.165) is 23.5 Å². The molecule has 10 heteroatoms. The van der Waals surface area contributed by atoms with E-state index in [2.05, 4.69) is 4.98 Å². The predicted octanol–water partition coefficient (Wildman–Crippen LogP) is 7.91. The summed E-state index contributed by atoms with van der Waals surface area (Å²) in [5.74, 6) is 0.479. The van der Waals surface area contributed by atoms with Gasteiger partial charge in [0.1, 0.15) is 28.2 Å². The van der Waals surface area contributed by atoms with Gasteiger partial charge < -0.3 is 8.83 Å². The molecule has 3 aromatic heterocycles. The largest absolute Gasteiger partial charge is 0.457 e. The van der Waals surface area contributed by atoms with Crippen LogP contribution >= 0.6 is 22.9 Å². The molecule has 0 amide bonds. The van der Waals surface area contributed by atoms with E-state index in [1.165, 1.54) is 24.3 Å². The number of aromatic nitrogens is 1. The van der Waals surface area contributed by atoms with Crippen LogP contribution in [0.3, 0.4) is 0 Å². The van der Waals surface area contributed by atoms with Crippen LogP contribution in [0.2, 0.25) is 5.02 Å². The molecule has 0 aliphatic rings. The van der Waals surface area contributed by atoms with Crippen molar-refractivity contribution in [2.24, 2.45) is 0 Å². The molecule has 0 bridgehead atoms. The summed E-state index contributed by atoms with van der Waals surface area (Å²) in [6.45, 7) is 0. The highest BCUT2D eigenvalue weighted by Crippen LogP contribution is 2.33. The summed E-state index contributed by atoms with van der Waals surface area (Å²) in [7, 11) is 0. The predicted molar refractivity (Wildman–Crippen MR) is 131 cm³/mol. The van der Waals surface area contributed by atoms with Gasteiger partial charge in [-0.25, -0.2) is 9.78 Å². The van der Waals surface area contributed by atoms with Crippen molar-refractivity contribution >= 4 is 45.6 Å². The zero-order valence-corrected chi connectivity index (χ0v) is 19.5. The fourth-order valence-electron chi connectivity index (χ4n) is 3.51. The third-order valence-electron chi connectivity index (χ3n) is 5.21. The van der Waals surface area contributed by atoms with Crippen LogP contribution in [0.5, 0.6) is 0 Å². The molecule has 0 atom stereocenters. The van der Waals surface area contributed by atoms with Crippen LogP contribution in [0.25, 0.3) is 45.2 Å². The van der Waals surface area contributed by atoms with Crippen molar-refractivity contribution in [3.63, 3.8) is 0 Å². The van der Waals surface area contributed by atoms with Crippen LogP contribution in [0.15, 0.2) is 79.7 Å². The third kappa shape index (κ3) is 4.69. The number of rotatable bonds is 4. The first-order valence-corrected chi connectivity index (χ1v) is 11.6. The number of allylic oxidation sites excluding steroid dienone is 1. The lowest BCUT2D eigenvalue weighted by molar-refractivity contribution is -0.137. The highest BCUT2D eigenvalue weighted by atomic mass is 35.5. The lowest BCUT2D eigenvalue weighted by Gasteiger charge is -2.07. The van der Waals surface area contributed by atoms with Crippen LogP contribution < -0.4 is 5.63 Å². The number of benzene rings is 2. The van der Waals surface area contributed by atoms with Crippen LogP contribution in [-0.2, 0) is 6.18 Å². The molecule has 0 aliphatic carbocycles. The minimum absolute atomic E-state index is 0.157. The average molecular weight is 525 g/mol. The summed E-state index contributed by atoms with van der Waals surface area (Å²) in [5.41, 5.74) is -0.0317. The Bertz CT molecular complexity index is 1740. The molecule has 0 radical (unpaired) electrons. The molecule has 5 rings (SSSR count). The Morgan fingerprint density at radius 3 is 2.69 bits per heavy atom. The Hall–Kier alpha value is -4.13. The minimum Gasteiger partial charge on any atom is -0.457 e. The van der Waals surface area contributed by atoms with E-state index in [1.54, 1.807) is 35.7 Å². The molecule has 3 heterocycles. The minimum atomic E-state index is -4.48. The Morgan fingerprint density at radius 1 is 1.08 bits per heavy atom. The topological polar surface area (TPSA) is 80.0 Å². The van der Waals surface area contributed by atoms with Gasteiger partial charge in [0.2, 0.25) is 0 Å². The zero-order chi connectivity index (χ0) is 25.4. The van der Waals surface area contributed by atoms with E-state index in [9.17, 15) is 23.2 Å². The monoisotopic (exact) mass is 524 g/mol. The Balaban J connectivity index is 1.46. The van der Waals surface area contributed by atoms with Gasteiger partial charge in [0.05, 0.1) is 22.4 Å². The van der Waals surface area contributed by atoms with E-state index in [-0.39, 0.29) is 28.2 Å². The third-order valence-corrected chi connectivity index (χ3v) is 6.32. The number of alkyl halides is 3. The number of nitriles is 1. The van der Waals surface area contributed by atoms with Crippen LogP contribution in [0, 0.1) is 11.3 Å². The molecular formula is C26H12ClF3N2O3S. The molecule has 5 nitrogen and oxygen atoms in total. The average Bonchev–Trinajstić information content (AvgIpc) is 3.52. The van der Waals surface area contributed by atoms with Gasteiger partial charge in [0.15, 0.2) is 0 Å². The maximum absolute atomic E-state index is 13.0. The van der Waals surface area contributed by atoms with E-state index in [4.69, 9.17) is 20.4 Å². The van der Waals surface area contributed by atoms with E-state index in [1.807, 2.05) is 6.07 Å². The van der Waals surface area contributed by atoms with Gasteiger partial charge in [-0.1, -0.05) is 23.7 Å². The van der Waals surface area contributed by atoms with E-state index >= 15 is 0 Å². The lowest BCUT2D eigenvalue weighted by atomic mass is 10.1. The molecule has 0 fully saturated rings. The van der Waals surface area contributed by atoms with Gasteiger partial charge in [-0.3, -0.25) is 0 Å². The molecular weight excluding hydrogens is 513 g/mol. The zero-order valence-electron chi connectivity index (χ0n) is 18.0. The molecule has 0 aliphatic heterocycles. The van der Waals surface area contributed by atoms with Crippen LogP contribution in [0.1, 0.15) is 16.3 Å². The first-order valence-electron chi connectivity index (χ1n) is 10.3. The van der Waals surface area contributed by atoms with Gasteiger partial charge in [0, 0.05) is 27.4 Å². The van der Waals surface area contributed by atoms with Crippen molar-refractivity contribution in [2.75, 3.05) is 0 Å². The smallest absolute Gasteiger partial charge is 0.416 e. The summed E-state index contributed by atoms with van der Waals surface area (Å²) in [6, 6.07) is 16.4. The summed E-state index contributed by atoms with van der Waals surface area (Å²) >= 11 is 7.18. The lowest BCUT2D eigenvalue weighted by Crippen LogP contribution is -2.04. The summed E-state index contributed by atoms with van der Waals surface area (Å²) in [4.78, 5) is 16.9. The number of nitrogens with zero attached hydrogens (tertiary/aromatic N) is 2. The van der Waals surface area contributed by atoms with Crippen molar-refractivity contribution in [3.8, 4) is 28.7 Å². The first-order chi connectivity index (χ1) is 17.2. The van der Waals surface area contributed by atoms with Crippen molar-refractivity contribution in [1.82, 2.24) is 4.98 Å². The molecule has 0 saturated carbocycles. The van der Waals surface area contributed by atoms with Crippen molar-refractivity contribution < 1.29 is 22.0 Å². The Kier molecular flexibility index (Phi) is 6.00. The molecule has 0 saturated heterocycles. The molecule has 0 N–H and O–H groups in total. The molecule has 2 aromatic carbocycles. The van der Waals surface area contributed by atoms with Gasteiger partial charge in [0.25, 0.3) is 0 Å². The summed E-state index contributed by atoms with van der Waals surface area (Å²) < 4.78 is 50.1. The van der Waals surface area contributed by atoms with Crippen molar-refractivity contribution in [1.29, 1.82) is 5.26 Å². The molecule has 0 spiro atoms. The number of furan rings is 1. The molecule has 0 unspecified atom stereocenters. The van der Waals surface area contributed by atoms with Crippen molar-refractivity contribution in [2.45, 2.75) is 6.18 Å². The fourth-order valence-corrected chi connectivity index (χ4v) is 4.48. The van der Waals surface area contributed by atoms with Gasteiger partial charge in [-0.2, -0.15) is 18.4 Å². The second-order valence-corrected chi connectivity index (χ2v) is 8.91. The highest BCUT2D eigenvalue weighted by molar-refractivity contribution is 7.11. The van der Waals surface area contributed by atoms with Crippen molar-refractivity contribution in [3.05, 3.63) is 97.8 Å². The number of hydrogen-bond acceptors (Lipinski definition) is 6.